The maximum atomic E-state index is 13.4. The third-order valence-corrected chi connectivity index (χ3v) is 4.89. The molecule has 0 fully saturated rings. The molecule has 5 nitrogen and oxygen atoms in total. The van der Waals surface area contributed by atoms with E-state index in [0.717, 1.165) is 37.1 Å². The maximum Gasteiger partial charge on any atom is 0.277 e. The van der Waals surface area contributed by atoms with Crippen LogP contribution in [0.3, 0.4) is 0 Å². The van der Waals surface area contributed by atoms with Crippen LogP contribution in [0.25, 0.3) is 11.4 Å². The molecule has 0 unspecified atom stereocenters. The number of para-hydroxylation sites is 1. The number of amides is 1. The summed E-state index contributed by atoms with van der Waals surface area (Å²) in [5.74, 6) is 1.17. The number of hydrogen-bond acceptors (Lipinski definition) is 4. The lowest BCUT2D eigenvalue weighted by Crippen LogP contribution is -2.36. The Morgan fingerprint density at radius 1 is 1.07 bits per heavy atom. The molecule has 28 heavy (non-hydrogen) atoms. The van der Waals surface area contributed by atoms with Gasteiger partial charge in [0.2, 0.25) is 0 Å². The topological polar surface area (TPSA) is 58.1 Å². The lowest BCUT2D eigenvalue weighted by atomic mass is 10.0. The van der Waals surface area contributed by atoms with E-state index in [2.05, 4.69) is 28.3 Å². The first-order chi connectivity index (χ1) is 13.8. The van der Waals surface area contributed by atoms with E-state index in [4.69, 9.17) is 0 Å². The van der Waals surface area contributed by atoms with Gasteiger partial charge in [0.1, 0.15) is 11.5 Å². The van der Waals surface area contributed by atoms with E-state index in [1.165, 1.54) is 5.56 Å². The summed E-state index contributed by atoms with van der Waals surface area (Å²) in [4.78, 5) is 24.5. The second-order valence-corrected chi connectivity index (χ2v) is 6.94. The van der Waals surface area contributed by atoms with Gasteiger partial charge in [-0.2, -0.15) is 0 Å². The van der Waals surface area contributed by atoms with E-state index in [-0.39, 0.29) is 5.91 Å². The highest BCUT2D eigenvalue weighted by Gasteiger charge is 2.25. The van der Waals surface area contributed by atoms with Crippen LogP contribution < -0.4 is 10.2 Å². The minimum absolute atomic E-state index is 0.0775. The first kappa shape index (κ1) is 18.2. The van der Waals surface area contributed by atoms with Crippen molar-refractivity contribution in [3.63, 3.8) is 0 Å². The number of carbonyl (C=O) groups is 1. The van der Waals surface area contributed by atoms with E-state index in [1.54, 1.807) is 6.07 Å². The summed E-state index contributed by atoms with van der Waals surface area (Å²) in [7, 11) is 0. The lowest BCUT2D eigenvalue weighted by Gasteiger charge is -2.29. The third kappa shape index (κ3) is 3.74. The van der Waals surface area contributed by atoms with Crippen molar-refractivity contribution in [1.82, 2.24) is 9.97 Å². The molecule has 1 amide bonds. The van der Waals surface area contributed by atoms with Crippen molar-refractivity contribution < 1.29 is 4.79 Å². The van der Waals surface area contributed by atoms with E-state index in [0.29, 0.717) is 23.9 Å². The van der Waals surface area contributed by atoms with E-state index < -0.39 is 0 Å². The van der Waals surface area contributed by atoms with Crippen molar-refractivity contribution in [3.05, 3.63) is 71.9 Å². The largest absolute Gasteiger partial charge is 0.370 e. The summed E-state index contributed by atoms with van der Waals surface area (Å²) >= 11 is 0. The number of aromatic nitrogens is 2. The van der Waals surface area contributed by atoms with Gasteiger partial charge in [-0.1, -0.05) is 55.5 Å². The zero-order valence-electron chi connectivity index (χ0n) is 16.1. The van der Waals surface area contributed by atoms with Gasteiger partial charge in [0.15, 0.2) is 5.82 Å². The van der Waals surface area contributed by atoms with Gasteiger partial charge in [-0.05, 0) is 30.9 Å². The van der Waals surface area contributed by atoms with Gasteiger partial charge < -0.3 is 10.2 Å². The molecule has 2 aromatic carbocycles. The Bertz CT molecular complexity index is 971. The molecule has 0 radical (unpaired) electrons. The molecule has 4 rings (SSSR count). The highest BCUT2D eigenvalue weighted by atomic mass is 16.2. The second-order valence-electron chi connectivity index (χ2n) is 6.94. The fourth-order valence-corrected chi connectivity index (χ4v) is 3.50. The molecule has 0 spiro atoms. The van der Waals surface area contributed by atoms with E-state index in [9.17, 15) is 4.79 Å². The molecule has 1 N–H and O–H groups in total. The van der Waals surface area contributed by atoms with E-state index >= 15 is 0 Å². The molecule has 1 aliphatic heterocycles. The van der Waals surface area contributed by atoms with E-state index in [1.807, 2.05) is 53.4 Å². The van der Waals surface area contributed by atoms with Gasteiger partial charge in [-0.15, -0.1) is 0 Å². The Morgan fingerprint density at radius 3 is 2.68 bits per heavy atom. The molecule has 0 saturated carbocycles. The van der Waals surface area contributed by atoms with Crippen molar-refractivity contribution in [2.24, 2.45) is 0 Å². The molecular formula is C23H24N4O. The van der Waals surface area contributed by atoms with Crippen molar-refractivity contribution in [1.29, 1.82) is 0 Å². The average molecular weight is 372 g/mol. The summed E-state index contributed by atoms with van der Waals surface area (Å²) in [6.07, 6.45) is 2.94. The molecule has 0 bridgehead atoms. The smallest absolute Gasteiger partial charge is 0.277 e. The number of nitrogens with one attached hydrogen (secondary N) is 1. The predicted octanol–water partition coefficient (Wildman–Crippen LogP) is 4.56. The molecule has 3 aromatic rings. The molecule has 1 aliphatic rings. The second kappa shape index (κ2) is 8.21. The number of fused-ring (bicyclic) bond motifs is 1. The molecular weight excluding hydrogens is 348 g/mol. The van der Waals surface area contributed by atoms with Gasteiger partial charge in [0, 0.05) is 30.4 Å². The van der Waals surface area contributed by atoms with Crippen LogP contribution in [0.5, 0.6) is 0 Å². The summed E-state index contributed by atoms with van der Waals surface area (Å²) in [5.41, 5.74) is 3.52. The van der Waals surface area contributed by atoms with Crippen LogP contribution in [0, 0.1) is 0 Å². The van der Waals surface area contributed by atoms with Crippen LogP contribution in [-0.4, -0.2) is 29.0 Å². The summed E-state index contributed by atoms with van der Waals surface area (Å²) in [6.45, 7) is 3.60. The van der Waals surface area contributed by atoms with Gasteiger partial charge in [-0.25, -0.2) is 9.97 Å². The monoisotopic (exact) mass is 372 g/mol. The number of nitrogens with zero attached hydrogens (tertiary/aromatic N) is 3. The summed E-state index contributed by atoms with van der Waals surface area (Å²) in [6, 6.07) is 19.7. The quantitative estimate of drug-likeness (QED) is 0.713. The van der Waals surface area contributed by atoms with Gasteiger partial charge in [0.05, 0.1) is 0 Å². The number of benzene rings is 2. The molecule has 0 atom stereocenters. The SMILES string of the molecule is CCCNc1cc(C(=O)N2CCCc3ccccc32)nc(-c2ccccc2)n1. The molecule has 0 saturated heterocycles. The Balaban J connectivity index is 1.73. The van der Waals surface area contributed by atoms with Crippen LogP contribution in [-0.2, 0) is 6.42 Å². The lowest BCUT2D eigenvalue weighted by molar-refractivity contribution is 0.0980. The summed E-state index contributed by atoms with van der Waals surface area (Å²) in [5, 5.41) is 3.30. The number of hydrogen-bond donors (Lipinski definition) is 1. The standard InChI is InChI=1S/C23H24N4O/c1-2-14-24-21-16-19(25-22(26-21)18-10-4-3-5-11-18)23(28)27-15-8-12-17-9-6-7-13-20(17)27/h3-7,9-11,13,16H,2,8,12,14-15H2,1H3,(H,24,25,26). The maximum absolute atomic E-state index is 13.4. The first-order valence-electron chi connectivity index (χ1n) is 9.84. The number of rotatable bonds is 5. The number of aryl methyl sites for hydroxylation is 1. The minimum Gasteiger partial charge on any atom is -0.370 e. The molecule has 0 aliphatic carbocycles. The Morgan fingerprint density at radius 2 is 1.86 bits per heavy atom. The molecule has 142 valence electrons. The third-order valence-electron chi connectivity index (χ3n) is 4.89. The number of anilines is 2. The Kier molecular flexibility index (Phi) is 5.33. The highest BCUT2D eigenvalue weighted by molar-refractivity contribution is 6.06. The fraction of sp³-hybridized carbons (Fsp3) is 0.261. The minimum atomic E-state index is -0.0775. The van der Waals surface area contributed by atoms with Crippen molar-refractivity contribution in [3.8, 4) is 11.4 Å². The van der Waals surface area contributed by atoms with Crippen molar-refractivity contribution in [2.45, 2.75) is 26.2 Å². The van der Waals surface area contributed by atoms with Crippen molar-refractivity contribution in [2.75, 3.05) is 23.3 Å². The predicted molar refractivity (Wildman–Crippen MR) is 113 cm³/mol. The van der Waals surface area contributed by atoms with Gasteiger partial charge in [0.25, 0.3) is 5.91 Å². The van der Waals surface area contributed by atoms with Crippen LogP contribution in [0.4, 0.5) is 11.5 Å². The van der Waals surface area contributed by atoms with Gasteiger partial charge >= 0.3 is 0 Å². The number of carbonyl (C=O) groups excluding carboxylic acids is 1. The van der Waals surface area contributed by atoms with Crippen LogP contribution in [0.15, 0.2) is 60.7 Å². The van der Waals surface area contributed by atoms with Crippen LogP contribution in [0.2, 0.25) is 0 Å². The van der Waals surface area contributed by atoms with Crippen molar-refractivity contribution >= 4 is 17.4 Å². The zero-order chi connectivity index (χ0) is 19.3. The Labute approximate surface area is 165 Å². The zero-order valence-corrected chi connectivity index (χ0v) is 16.1. The van der Waals surface area contributed by atoms with Gasteiger partial charge in [-0.3, -0.25) is 4.79 Å². The normalized spacial score (nSPS) is 13.1. The molecule has 2 heterocycles. The van der Waals surface area contributed by atoms with Crippen LogP contribution in [0.1, 0.15) is 35.8 Å². The average Bonchev–Trinajstić information content (AvgIpc) is 2.77. The highest BCUT2D eigenvalue weighted by Crippen LogP contribution is 2.28. The molecule has 5 heteroatoms. The van der Waals surface area contributed by atoms with Crippen LogP contribution >= 0.6 is 0 Å². The molecule has 1 aromatic heterocycles. The fourth-order valence-electron chi connectivity index (χ4n) is 3.50. The Hall–Kier alpha value is -3.21. The summed E-state index contributed by atoms with van der Waals surface area (Å²) < 4.78 is 0. The first-order valence-corrected chi connectivity index (χ1v) is 9.84.